The third-order valence-electron chi connectivity index (χ3n) is 6.12. The van der Waals surface area contributed by atoms with E-state index >= 15 is 0 Å². The summed E-state index contributed by atoms with van der Waals surface area (Å²) in [7, 11) is -1.46. The molecule has 0 saturated heterocycles. The van der Waals surface area contributed by atoms with Crippen molar-refractivity contribution in [3.05, 3.63) is 132 Å². The van der Waals surface area contributed by atoms with Gasteiger partial charge in [0.15, 0.2) is 11.4 Å². The third-order valence-corrected chi connectivity index (χ3v) is 9.23. The molecule has 0 aliphatic carbocycles. The summed E-state index contributed by atoms with van der Waals surface area (Å²) in [5.74, 6) is -0.135. The molecular weight excluding hydrogens is 427 g/mol. The molecular formula is C29H27O3P. The second-order valence-electron chi connectivity index (χ2n) is 7.98. The van der Waals surface area contributed by atoms with E-state index in [0.717, 1.165) is 16.2 Å². The van der Waals surface area contributed by atoms with Crippen LogP contribution >= 0.6 is 7.14 Å². The van der Waals surface area contributed by atoms with E-state index in [1.165, 1.54) is 0 Å². The molecule has 0 aliphatic heterocycles. The predicted molar refractivity (Wildman–Crippen MR) is 135 cm³/mol. The van der Waals surface area contributed by atoms with Gasteiger partial charge in [-0.15, -0.1) is 0 Å². The van der Waals surface area contributed by atoms with E-state index in [1.807, 2.05) is 109 Å². The third kappa shape index (κ3) is 4.61. The molecule has 1 atom stereocenters. The van der Waals surface area contributed by atoms with Crippen molar-refractivity contribution in [3.63, 3.8) is 0 Å². The van der Waals surface area contributed by atoms with Gasteiger partial charge in [0.25, 0.3) is 0 Å². The summed E-state index contributed by atoms with van der Waals surface area (Å²) in [4.78, 5) is 13.9. The molecule has 4 heteroatoms. The highest BCUT2D eigenvalue weighted by Crippen LogP contribution is 2.47. The minimum atomic E-state index is -3.02. The number of hydrogen-bond acceptors (Lipinski definition) is 3. The fourth-order valence-electron chi connectivity index (χ4n) is 4.29. The fraction of sp³-hybridized carbons (Fsp3) is 0.138. The van der Waals surface area contributed by atoms with Crippen molar-refractivity contribution in [1.29, 1.82) is 0 Å². The molecule has 0 heterocycles. The van der Waals surface area contributed by atoms with Gasteiger partial charge in [0.1, 0.15) is 7.14 Å². The Labute approximate surface area is 195 Å². The quantitative estimate of drug-likeness (QED) is 0.237. The number of ether oxygens (including phenoxy) is 1. The van der Waals surface area contributed by atoms with Gasteiger partial charge in [0.2, 0.25) is 0 Å². The molecule has 0 unspecified atom stereocenters. The molecule has 0 radical (unpaired) electrons. The van der Waals surface area contributed by atoms with Gasteiger partial charge in [-0.3, -0.25) is 4.79 Å². The highest BCUT2D eigenvalue weighted by Gasteiger charge is 2.43. The van der Waals surface area contributed by atoms with Gasteiger partial charge in [-0.2, -0.15) is 0 Å². The highest BCUT2D eigenvalue weighted by molar-refractivity contribution is 7.78. The van der Waals surface area contributed by atoms with E-state index < -0.39 is 12.7 Å². The van der Waals surface area contributed by atoms with Crippen molar-refractivity contribution in [2.75, 3.05) is 13.3 Å². The van der Waals surface area contributed by atoms with Crippen LogP contribution in [-0.4, -0.2) is 19.1 Å². The molecule has 0 aliphatic rings. The average molecular weight is 455 g/mol. The second-order valence-corrected chi connectivity index (χ2v) is 10.9. The summed E-state index contributed by atoms with van der Waals surface area (Å²) in [6, 6.07) is 37.8. The molecule has 4 aromatic carbocycles. The molecule has 0 aromatic heterocycles. The Bertz CT molecular complexity index is 1180. The SMILES string of the molecule is CO[C@@](CCP(=O)(c1ccccc1)c1ccccc1)(C(=O)c1ccccc1)c1ccccc1. The van der Waals surface area contributed by atoms with Crippen LogP contribution in [0.5, 0.6) is 0 Å². The summed E-state index contributed by atoms with van der Waals surface area (Å²) in [5, 5.41) is 1.56. The molecule has 33 heavy (non-hydrogen) atoms. The largest absolute Gasteiger partial charge is 0.365 e. The first-order valence-electron chi connectivity index (χ1n) is 11.0. The Balaban J connectivity index is 1.80. The van der Waals surface area contributed by atoms with Crippen LogP contribution in [0.4, 0.5) is 0 Å². The summed E-state index contributed by atoms with van der Waals surface area (Å²) >= 11 is 0. The second kappa shape index (κ2) is 10.1. The summed E-state index contributed by atoms with van der Waals surface area (Å²) in [6.45, 7) is 0. The molecule has 0 saturated carbocycles. The maximum absolute atomic E-state index is 14.6. The van der Waals surface area contributed by atoms with E-state index in [-0.39, 0.29) is 12.2 Å². The van der Waals surface area contributed by atoms with Crippen LogP contribution in [-0.2, 0) is 14.9 Å². The summed E-state index contributed by atoms with van der Waals surface area (Å²) in [5.41, 5.74) is 0.0773. The summed E-state index contributed by atoms with van der Waals surface area (Å²) in [6.07, 6.45) is 0.574. The van der Waals surface area contributed by atoms with E-state index in [0.29, 0.717) is 11.7 Å². The van der Waals surface area contributed by atoms with Crippen LogP contribution < -0.4 is 10.6 Å². The van der Waals surface area contributed by atoms with Crippen LogP contribution in [0.3, 0.4) is 0 Å². The Morgan fingerprint density at radius 1 is 0.697 bits per heavy atom. The molecule has 166 valence electrons. The zero-order chi connectivity index (χ0) is 23.2. The minimum Gasteiger partial charge on any atom is -0.365 e. The molecule has 0 amide bonds. The van der Waals surface area contributed by atoms with Crippen LogP contribution in [0.2, 0.25) is 0 Å². The lowest BCUT2D eigenvalue weighted by Crippen LogP contribution is -2.39. The Morgan fingerprint density at radius 2 is 1.12 bits per heavy atom. The topological polar surface area (TPSA) is 43.4 Å². The van der Waals surface area contributed by atoms with Gasteiger partial charge >= 0.3 is 0 Å². The first kappa shape index (κ1) is 22.9. The van der Waals surface area contributed by atoms with Crippen LogP contribution in [0.15, 0.2) is 121 Å². The van der Waals surface area contributed by atoms with Crippen LogP contribution in [0.25, 0.3) is 0 Å². The lowest BCUT2D eigenvalue weighted by molar-refractivity contribution is -0.00298. The number of rotatable bonds is 9. The first-order valence-corrected chi connectivity index (χ1v) is 12.9. The van der Waals surface area contributed by atoms with Crippen molar-refractivity contribution < 1.29 is 14.1 Å². The zero-order valence-corrected chi connectivity index (χ0v) is 19.5. The minimum absolute atomic E-state index is 0.135. The van der Waals surface area contributed by atoms with E-state index in [1.54, 1.807) is 19.2 Å². The Morgan fingerprint density at radius 3 is 1.58 bits per heavy atom. The fourth-order valence-corrected chi connectivity index (χ4v) is 7.04. The van der Waals surface area contributed by atoms with Gasteiger partial charge in [-0.1, -0.05) is 121 Å². The van der Waals surface area contributed by atoms with Gasteiger partial charge in [-0.05, 0) is 12.0 Å². The normalized spacial score (nSPS) is 13.2. The molecule has 0 spiro atoms. The van der Waals surface area contributed by atoms with Gasteiger partial charge in [-0.25, -0.2) is 0 Å². The van der Waals surface area contributed by atoms with Gasteiger partial charge in [0.05, 0.1) is 0 Å². The monoisotopic (exact) mass is 454 g/mol. The van der Waals surface area contributed by atoms with Crippen molar-refractivity contribution in [3.8, 4) is 0 Å². The first-order chi connectivity index (χ1) is 16.1. The predicted octanol–water partition coefficient (Wildman–Crippen LogP) is 5.82. The van der Waals surface area contributed by atoms with Crippen LogP contribution in [0.1, 0.15) is 22.3 Å². The Kier molecular flexibility index (Phi) is 7.03. The highest BCUT2D eigenvalue weighted by atomic mass is 31.2. The standard InChI is InChI=1S/C29H27O3P/c1-32-29(25-16-8-3-9-17-25,28(30)24-14-6-2-7-15-24)22-23-33(31,26-18-10-4-11-19-26)27-20-12-5-13-21-27/h2-21H,22-23H2,1H3/t29-/m1/s1. The van der Waals surface area contributed by atoms with Crippen molar-refractivity contribution >= 4 is 23.5 Å². The lowest BCUT2D eigenvalue weighted by atomic mass is 9.83. The average Bonchev–Trinajstić information content (AvgIpc) is 2.91. The zero-order valence-electron chi connectivity index (χ0n) is 18.6. The number of ketones is 1. The van der Waals surface area contributed by atoms with Crippen LogP contribution in [0, 0.1) is 0 Å². The van der Waals surface area contributed by atoms with Crippen molar-refractivity contribution in [1.82, 2.24) is 0 Å². The Hall–Kier alpha value is -3.26. The molecule has 0 fully saturated rings. The van der Waals surface area contributed by atoms with E-state index in [2.05, 4.69) is 0 Å². The maximum atomic E-state index is 14.6. The number of methoxy groups -OCH3 is 1. The number of hydrogen-bond donors (Lipinski definition) is 0. The molecule has 4 aromatic rings. The maximum Gasteiger partial charge on any atom is 0.199 e. The van der Waals surface area contributed by atoms with E-state index in [9.17, 15) is 9.36 Å². The van der Waals surface area contributed by atoms with Crippen molar-refractivity contribution in [2.45, 2.75) is 12.0 Å². The van der Waals surface area contributed by atoms with E-state index in [4.69, 9.17) is 4.74 Å². The number of carbonyl (C=O) groups is 1. The smallest absolute Gasteiger partial charge is 0.199 e. The molecule has 3 nitrogen and oxygen atoms in total. The molecule has 0 bridgehead atoms. The molecule has 0 N–H and O–H groups in total. The number of carbonyl (C=O) groups excluding carboxylic acids is 1. The van der Waals surface area contributed by atoms with Crippen molar-refractivity contribution in [2.24, 2.45) is 0 Å². The summed E-state index contributed by atoms with van der Waals surface area (Å²) < 4.78 is 20.6. The molecule has 4 rings (SSSR count). The number of benzene rings is 4. The number of Topliss-reactive ketones (excluding diaryl/α,β-unsaturated/α-hetero) is 1. The van der Waals surface area contributed by atoms with Gasteiger partial charge in [0, 0.05) is 29.4 Å². The lowest BCUT2D eigenvalue weighted by Gasteiger charge is -2.33. The van der Waals surface area contributed by atoms with Gasteiger partial charge < -0.3 is 9.30 Å².